The number of thiazole rings is 1. The topological polar surface area (TPSA) is 33.1 Å². The second-order valence-corrected chi connectivity index (χ2v) is 5.94. The zero-order valence-corrected chi connectivity index (χ0v) is 11.7. The summed E-state index contributed by atoms with van der Waals surface area (Å²) >= 11 is 5.11. The summed E-state index contributed by atoms with van der Waals surface area (Å²) in [6.45, 7) is 0.213. The highest BCUT2D eigenvalue weighted by Gasteiger charge is 2.10. The lowest BCUT2D eigenvalue weighted by molar-refractivity contribution is 0.225. The van der Waals surface area contributed by atoms with Crippen LogP contribution in [0.5, 0.6) is 0 Å². The van der Waals surface area contributed by atoms with Gasteiger partial charge in [-0.05, 0) is 36.5 Å². The summed E-state index contributed by atoms with van der Waals surface area (Å²) in [5, 5.41) is 9.43. The van der Waals surface area contributed by atoms with Gasteiger partial charge in [0, 0.05) is 22.2 Å². The standard InChI is InChI=1S/C13H14BrNOS/c14-12-3-1-2-10(5-12)4-11(8-16)6-13-7-15-9-17-13/h1-3,5,7,9,11,16H,4,6,8H2. The van der Waals surface area contributed by atoms with Crippen molar-refractivity contribution in [2.24, 2.45) is 5.92 Å². The predicted octanol–water partition coefficient (Wildman–Crippen LogP) is 3.30. The Hall–Kier alpha value is -0.710. The first-order valence-electron chi connectivity index (χ1n) is 5.50. The van der Waals surface area contributed by atoms with Gasteiger partial charge in [0.2, 0.25) is 0 Å². The van der Waals surface area contributed by atoms with Crippen molar-refractivity contribution in [2.75, 3.05) is 6.61 Å². The zero-order chi connectivity index (χ0) is 12.1. The Morgan fingerprint density at radius 2 is 2.24 bits per heavy atom. The van der Waals surface area contributed by atoms with Crippen LogP contribution in [0.2, 0.25) is 0 Å². The van der Waals surface area contributed by atoms with Crippen molar-refractivity contribution in [3.05, 3.63) is 50.9 Å². The van der Waals surface area contributed by atoms with Crippen LogP contribution in [0.1, 0.15) is 10.4 Å². The van der Waals surface area contributed by atoms with E-state index >= 15 is 0 Å². The smallest absolute Gasteiger partial charge is 0.0794 e. The van der Waals surface area contributed by atoms with Gasteiger partial charge in [0.1, 0.15) is 0 Å². The van der Waals surface area contributed by atoms with Crippen LogP contribution in [0, 0.1) is 5.92 Å². The van der Waals surface area contributed by atoms with Crippen LogP contribution in [0.4, 0.5) is 0 Å². The van der Waals surface area contributed by atoms with E-state index in [0.717, 1.165) is 17.3 Å². The van der Waals surface area contributed by atoms with Crippen LogP contribution in [0.25, 0.3) is 0 Å². The number of aliphatic hydroxyl groups excluding tert-OH is 1. The van der Waals surface area contributed by atoms with Crippen molar-refractivity contribution >= 4 is 27.3 Å². The average molecular weight is 312 g/mol. The third-order valence-electron chi connectivity index (χ3n) is 2.64. The van der Waals surface area contributed by atoms with Crippen LogP contribution in [-0.4, -0.2) is 16.7 Å². The Labute approximate surface area is 113 Å². The lowest BCUT2D eigenvalue weighted by Crippen LogP contribution is -2.12. The number of halogens is 1. The van der Waals surface area contributed by atoms with E-state index in [0.29, 0.717) is 0 Å². The van der Waals surface area contributed by atoms with Gasteiger partial charge in [0.15, 0.2) is 0 Å². The Morgan fingerprint density at radius 3 is 2.88 bits per heavy atom. The van der Waals surface area contributed by atoms with Crippen molar-refractivity contribution in [1.29, 1.82) is 0 Å². The van der Waals surface area contributed by atoms with Gasteiger partial charge >= 0.3 is 0 Å². The molecule has 1 atom stereocenters. The monoisotopic (exact) mass is 311 g/mol. The number of aromatic nitrogens is 1. The summed E-state index contributed by atoms with van der Waals surface area (Å²) < 4.78 is 1.09. The first kappa shape index (κ1) is 12.7. The van der Waals surface area contributed by atoms with Gasteiger partial charge in [-0.25, -0.2) is 0 Å². The molecule has 0 fully saturated rings. The molecule has 1 heterocycles. The van der Waals surface area contributed by atoms with E-state index in [-0.39, 0.29) is 12.5 Å². The Balaban J connectivity index is 2.00. The zero-order valence-electron chi connectivity index (χ0n) is 9.34. The SMILES string of the molecule is OCC(Cc1cccc(Br)c1)Cc1cncs1. The predicted molar refractivity (Wildman–Crippen MR) is 74.2 cm³/mol. The number of hydrogen-bond acceptors (Lipinski definition) is 3. The lowest BCUT2D eigenvalue weighted by Gasteiger charge is -2.13. The number of hydrogen-bond donors (Lipinski definition) is 1. The summed E-state index contributed by atoms with van der Waals surface area (Å²) in [5.74, 6) is 0.268. The molecule has 0 amide bonds. The molecular weight excluding hydrogens is 298 g/mol. The van der Waals surface area contributed by atoms with Crippen molar-refractivity contribution in [1.82, 2.24) is 4.98 Å². The fourth-order valence-corrected chi connectivity index (χ4v) is 2.98. The van der Waals surface area contributed by atoms with Gasteiger partial charge in [-0.15, -0.1) is 11.3 Å². The van der Waals surface area contributed by atoms with E-state index in [1.165, 1.54) is 10.4 Å². The first-order chi connectivity index (χ1) is 8.28. The van der Waals surface area contributed by atoms with Crippen molar-refractivity contribution in [3.8, 4) is 0 Å². The summed E-state index contributed by atoms with van der Waals surface area (Å²) in [5.41, 5.74) is 3.09. The number of rotatable bonds is 5. The minimum Gasteiger partial charge on any atom is -0.396 e. The Bertz CT molecular complexity index is 458. The van der Waals surface area contributed by atoms with E-state index in [9.17, 15) is 5.11 Å². The van der Waals surface area contributed by atoms with Gasteiger partial charge in [-0.1, -0.05) is 28.1 Å². The maximum atomic E-state index is 9.43. The fourth-order valence-electron chi connectivity index (χ4n) is 1.83. The molecule has 0 aliphatic carbocycles. The van der Waals surface area contributed by atoms with E-state index < -0.39 is 0 Å². The quantitative estimate of drug-likeness (QED) is 0.919. The Kier molecular flexibility index (Phi) is 4.71. The largest absolute Gasteiger partial charge is 0.396 e. The van der Waals surface area contributed by atoms with Gasteiger partial charge in [-0.2, -0.15) is 0 Å². The highest BCUT2D eigenvalue weighted by Crippen LogP contribution is 2.19. The summed E-state index contributed by atoms with van der Waals surface area (Å²) in [6, 6.07) is 8.25. The molecule has 1 aromatic heterocycles. The molecule has 1 aromatic carbocycles. The summed E-state index contributed by atoms with van der Waals surface area (Å²) in [7, 11) is 0. The molecule has 2 aromatic rings. The van der Waals surface area contributed by atoms with Crippen LogP contribution in [-0.2, 0) is 12.8 Å². The van der Waals surface area contributed by atoms with E-state index in [4.69, 9.17) is 0 Å². The van der Waals surface area contributed by atoms with Gasteiger partial charge in [0.25, 0.3) is 0 Å². The molecule has 0 bridgehead atoms. The maximum absolute atomic E-state index is 9.43. The van der Waals surface area contributed by atoms with Gasteiger partial charge in [0.05, 0.1) is 5.51 Å². The molecule has 0 aliphatic heterocycles. The molecule has 0 spiro atoms. The van der Waals surface area contributed by atoms with Crippen LogP contribution < -0.4 is 0 Å². The molecule has 1 N–H and O–H groups in total. The van der Waals surface area contributed by atoms with E-state index in [1.54, 1.807) is 11.3 Å². The van der Waals surface area contributed by atoms with Gasteiger partial charge in [-0.3, -0.25) is 4.98 Å². The minimum absolute atomic E-state index is 0.213. The first-order valence-corrected chi connectivity index (χ1v) is 7.18. The second kappa shape index (κ2) is 6.28. The molecule has 1 unspecified atom stereocenters. The molecule has 0 saturated heterocycles. The number of benzene rings is 1. The number of nitrogens with zero attached hydrogens (tertiary/aromatic N) is 1. The van der Waals surface area contributed by atoms with E-state index in [1.807, 2.05) is 23.8 Å². The third kappa shape index (κ3) is 3.91. The molecule has 0 radical (unpaired) electrons. The van der Waals surface area contributed by atoms with E-state index in [2.05, 4.69) is 33.0 Å². The molecule has 0 saturated carbocycles. The number of aliphatic hydroxyl groups is 1. The highest BCUT2D eigenvalue weighted by molar-refractivity contribution is 9.10. The van der Waals surface area contributed by atoms with Crippen molar-refractivity contribution in [2.45, 2.75) is 12.8 Å². The van der Waals surface area contributed by atoms with Crippen molar-refractivity contribution in [3.63, 3.8) is 0 Å². The average Bonchev–Trinajstić information content (AvgIpc) is 2.81. The lowest BCUT2D eigenvalue weighted by atomic mass is 9.96. The second-order valence-electron chi connectivity index (χ2n) is 4.05. The van der Waals surface area contributed by atoms with Crippen LogP contribution in [0.3, 0.4) is 0 Å². The molecular formula is C13H14BrNOS. The Morgan fingerprint density at radius 1 is 1.35 bits per heavy atom. The van der Waals surface area contributed by atoms with Crippen LogP contribution >= 0.6 is 27.3 Å². The minimum atomic E-state index is 0.213. The molecule has 2 nitrogen and oxygen atoms in total. The molecule has 90 valence electrons. The normalized spacial score (nSPS) is 12.6. The molecule has 2 rings (SSSR count). The third-order valence-corrected chi connectivity index (χ3v) is 3.94. The summed E-state index contributed by atoms with van der Waals surface area (Å²) in [6.07, 6.45) is 3.68. The maximum Gasteiger partial charge on any atom is 0.0794 e. The molecule has 0 aliphatic rings. The summed E-state index contributed by atoms with van der Waals surface area (Å²) in [4.78, 5) is 5.30. The highest BCUT2D eigenvalue weighted by atomic mass is 79.9. The van der Waals surface area contributed by atoms with Gasteiger partial charge < -0.3 is 5.11 Å². The van der Waals surface area contributed by atoms with Crippen molar-refractivity contribution < 1.29 is 5.11 Å². The molecule has 4 heteroatoms. The molecule has 17 heavy (non-hydrogen) atoms. The van der Waals surface area contributed by atoms with Crippen LogP contribution in [0.15, 0.2) is 40.4 Å². The fraction of sp³-hybridized carbons (Fsp3) is 0.308.